The maximum Gasteiger partial charge on any atom is 0.254 e. The highest BCUT2D eigenvalue weighted by atomic mass is 35.5. The lowest BCUT2D eigenvalue weighted by Crippen LogP contribution is -2.59. The van der Waals surface area contributed by atoms with Crippen LogP contribution in [0, 0.1) is 0 Å². The van der Waals surface area contributed by atoms with Crippen LogP contribution in [0.3, 0.4) is 0 Å². The summed E-state index contributed by atoms with van der Waals surface area (Å²) < 4.78 is 17.6. The van der Waals surface area contributed by atoms with Gasteiger partial charge in [-0.25, -0.2) is 0 Å². The summed E-state index contributed by atoms with van der Waals surface area (Å²) in [7, 11) is 3.62. The summed E-state index contributed by atoms with van der Waals surface area (Å²) in [6.45, 7) is 4.11. The van der Waals surface area contributed by atoms with E-state index in [1.54, 1.807) is 54.5 Å². The zero-order valence-electron chi connectivity index (χ0n) is 20.2. The lowest BCUT2D eigenvalue weighted by molar-refractivity contribution is -0.154. The normalized spacial score (nSPS) is 21.0. The minimum atomic E-state index is -0.977. The first-order chi connectivity index (χ1) is 16.9. The molecule has 0 bridgehead atoms. The van der Waals surface area contributed by atoms with E-state index in [0.717, 1.165) is 13.1 Å². The third-order valence-electron chi connectivity index (χ3n) is 6.48. The molecule has 2 aliphatic rings. The highest BCUT2D eigenvalue weighted by Gasteiger charge is 2.42. The Hall–Kier alpha value is -2.81. The zero-order chi connectivity index (χ0) is 24.8. The molecule has 4 rings (SSSR count). The number of carbonyl (C=O) groups is 2. The molecule has 1 atom stereocenters. The van der Waals surface area contributed by atoms with E-state index in [-0.39, 0.29) is 31.4 Å². The topological polar surface area (TPSA) is 71.5 Å². The molecule has 2 fully saturated rings. The lowest BCUT2D eigenvalue weighted by atomic mass is 9.96. The molecule has 9 heteroatoms. The smallest absolute Gasteiger partial charge is 0.254 e. The number of morpholine rings is 1. The Balaban J connectivity index is 1.53. The van der Waals surface area contributed by atoms with Crippen molar-refractivity contribution in [3.63, 3.8) is 0 Å². The maximum absolute atomic E-state index is 13.4. The number of piperazine rings is 1. The number of hydrogen-bond donors (Lipinski definition) is 0. The summed E-state index contributed by atoms with van der Waals surface area (Å²) in [5.74, 6) is 1.07. The van der Waals surface area contributed by atoms with E-state index >= 15 is 0 Å². The summed E-state index contributed by atoms with van der Waals surface area (Å²) in [5, 5.41) is 0.560. The van der Waals surface area contributed by atoms with Crippen molar-refractivity contribution in [1.29, 1.82) is 0 Å². The van der Waals surface area contributed by atoms with Crippen LogP contribution in [0.2, 0.25) is 5.02 Å². The Morgan fingerprint density at radius 1 is 1.00 bits per heavy atom. The third-order valence-corrected chi connectivity index (χ3v) is 6.71. The monoisotopic (exact) mass is 501 g/mol. The van der Waals surface area contributed by atoms with Gasteiger partial charge in [-0.05, 0) is 43.4 Å². The van der Waals surface area contributed by atoms with Crippen molar-refractivity contribution in [1.82, 2.24) is 14.7 Å². The molecule has 2 aliphatic heterocycles. The van der Waals surface area contributed by atoms with Crippen LogP contribution in [0.1, 0.15) is 16.8 Å². The van der Waals surface area contributed by atoms with Crippen LogP contribution in [0.25, 0.3) is 0 Å². The SMILES string of the molecule is COc1cccc(C(=O)N2CCOC(COc3cccc(Cl)c3)(CC(=O)N3CCN(C)CC3)C2)c1. The molecular weight excluding hydrogens is 470 g/mol. The van der Waals surface area contributed by atoms with E-state index < -0.39 is 5.60 Å². The van der Waals surface area contributed by atoms with Crippen molar-refractivity contribution >= 4 is 23.4 Å². The number of ether oxygens (including phenoxy) is 3. The predicted octanol–water partition coefficient (Wildman–Crippen LogP) is 2.80. The van der Waals surface area contributed by atoms with Crippen LogP contribution < -0.4 is 9.47 Å². The molecule has 0 radical (unpaired) electrons. The minimum absolute atomic E-state index is 0.00322. The van der Waals surface area contributed by atoms with Gasteiger partial charge in [0.2, 0.25) is 5.91 Å². The second kappa shape index (κ2) is 11.3. The van der Waals surface area contributed by atoms with Gasteiger partial charge in [-0.15, -0.1) is 0 Å². The number of carbonyl (C=O) groups excluding carboxylic acids is 2. The van der Waals surface area contributed by atoms with Crippen LogP contribution in [-0.4, -0.2) is 98.8 Å². The summed E-state index contributed by atoms with van der Waals surface area (Å²) in [5.41, 5.74) is -0.448. The summed E-state index contributed by atoms with van der Waals surface area (Å²) in [4.78, 5) is 32.5. The minimum Gasteiger partial charge on any atom is -0.497 e. The van der Waals surface area contributed by atoms with E-state index in [1.807, 2.05) is 11.0 Å². The number of amides is 2. The molecule has 0 saturated carbocycles. The van der Waals surface area contributed by atoms with Gasteiger partial charge in [-0.2, -0.15) is 0 Å². The Morgan fingerprint density at radius 3 is 2.49 bits per heavy atom. The molecule has 0 aliphatic carbocycles. The molecule has 0 spiro atoms. The fourth-order valence-corrected chi connectivity index (χ4v) is 4.60. The molecule has 1 unspecified atom stereocenters. The van der Waals surface area contributed by atoms with Crippen LogP contribution in [0.5, 0.6) is 11.5 Å². The number of nitrogens with zero attached hydrogens (tertiary/aromatic N) is 3. The second-order valence-electron chi connectivity index (χ2n) is 9.10. The van der Waals surface area contributed by atoms with Gasteiger partial charge in [0.1, 0.15) is 23.7 Å². The quantitative estimate of drug-likeness (QED) is 0.581. The van der Waals surface area contributed by atoms with E-state index in [9.17, 15) is 9.59 Å². The fourth-order valence-electron chi connectivity index (χ4n) is 4.42. The Morgan fingerprint density at radius 2 is 1.74 bits per heavy atom. The maximum atomic E-state index is 13.4. The van der Waals surface area contributed by atoms with Gasteiger partial charge in [0.25, 0.3) is 5.91 Å². The van der Waals surface area contributed by atoms with Crippen molar-refractivity contribution < 1.29 is 23.8 Å². The van der Waals surface area contributed by atoms with Crippen LogP contribution in [-0.2, 0) is 9.53 Å². The number of halogens is 1. The summed E-state index contributed by atoms with van der Waals surface area (Å²) in [6, 6.07) is 14.2. The van der Waals surface area contributed by atoms with Crippen molar-refractivity contribution in [3.05, 3.63) is 59.1 Å². The molecule has 35 heavy (non-hydrogen) atoms. The molecule has 188 valence electrons. The number of likely N-dealkylation sites (N-methyl/N-ethyl adjacent to an activating group) is 1. The molecule has 2 heterocycles. The Labute approximate surface area is 211 Å². The van der Waals surface area contributed by atoms with Gasteiger partial charge in [0.05, 0.1) is 26.7 Å². The average Bonchev–Trinajstić information content (AvgIpc) is 2.87. The largest absolute Gasteiger partial charge is 0.497 e. The van der Waals surface area contributed by atoms with Crippen molar-refractivity contribution in [2.24, 2.45) is 0 Å². The van der Waals surface area contributed by atoms with Gasteiger partial charge < -0.3 is 28.9 Å². The van der Waals surface area contributed by atoms with E-state index in [4.69, 9.17) is 25.8 Å². The molecule has 2 saturated heterocycles. The molecule has 2 amide bonds. The van der Waals surface area contributed by atoms with E-state index in [0.29, 0.717) is 48.3 Å². The molecule has 0 aromatic heterocycles. The van der Waals surface area contributed by atoms with E-state index in [1.165, 1.54) is 0 Å². The zero-order valence-corrected chi connectivity index (χ0v) is 21.0. The molecule has 2 aromatic carbocycles. The third kappa shape index (κ3) is 6.45. The molecule has 0 N–H and O–H groups in total. The van der Waals surface area contributed by atoms with Gasteiger partial charge in [0.15, 0.2) is 0 Å². The summed E-state index contributed by atoms with van der Waals surface area (Å²) in [6.07, 6.45) is 0.124. The van der Waals surface area contributed by atoms with E-state index in [2.05, 4.69) is 11.9 Å². The Bertz CT molecular complexity index is 1040. The number of hydrogen-bond acceptors (Lipinski definition) is 6. The van der Waals surface area contributed by atoms with Crippen LogP contribution in [0.15, 0.2) is 48.5 Å². The molecule has 2 aromatic rings. The lowest BCUT2D eigenvalue weighted by Gasteiger charge is -2.43. The first-order valence-corrected chi connectivity index (χ1v) is 12.2. The summed E-state index contributed by atoms with van der Waals surface area (Å²) >= 11 is 6.12. The van der Waals surface area contributed by atoms with Crippen molar-refractivity contribution in [3.8, 4) is 11.5 Å². The van der Waals surface area contributed by atoms with Gasteiger partial charge in [-0.1, -0.05) is 23.7 Å². The Kier molecular flexibility index (Phi) is 8.15. The first-order valence-electron chi connectivity index (χ1n) is 11.8. The van der Waals surface area contributed by atoms with Gasteiger partial charge in [-0.3, -0.25) is 9.59 Å². The predicted molar refractivity (Wildman–Crippen MR) is 133 cm³/mol. The van der Waals surface area contributed by atoms with Crippen LogP contribution >= 0.6 is 11.6 Å². The highest BCUT2D eigenvalue weighted by molar-refractivity contribution is 6.30. The molecular formula is C26H32ClN3O5. The number of methoxy groups -OCH3 is 1. The molecule has 8 nitrogen and oxygen atoms in total. The van der Waals surface area contributed by atoms with Gasteiger partial charge >= 0.3 is 0 Å². The second-order valence-corrected chi connectivity index (χ2v) is 9.53. The number of rotatable bonds is 7. The van der Waals surface area contributed by atoms with Gasteiger partial charge in [0, 0.05) is 43.3 Å². The number of benzene rings is 2. The average molecular weight is 502 g/mol. The highest BCUT2D eigenvalue weighted by Crippen LogP contribution is 2.28. The van der Waals surface area contributed by atoms with Crippen molar-refractivity contribution in [2.75, 3.05) is 66.6 Å². The first kappa shape index (κ1) is 25.3. The standard InChI is InChI=1S/C26H32ClN3O5/c1-28-9-11-29(12-10-28)24(31)17-26(19-34-23-8-4-6-21(27)16-23)18-30(13-14-35-26)25(32)20-5-3-7-22(15-20)33-2/h3-8,15-16H,9-14,17-19H2,1-2H3. The van der Waals surface area contributed by atoms with Crippen LogP contribution in [0.4, 0.5) is 0 Å². The van der Waals surface area contributed by atoms with Crippen molar-refractivity contribution in [2.45, 2.75) is 12.0 Å². The fraction of sp³-hybridized carbons (Fsp3) is 0.462.